The molecule has 1 aliphatic heterocycles. The highest BCUT2D eigenvalue weighted by Gasteiger charge is 2.47. The molecule has 132 valence electrons. The van der Waals surface area contributed by atoms with Gasteiger partial charge in [-0.15, -0.1) is 0 Å². The van der Waals surface area contributed by atoms with Gasteiger partial charge in [-0.2, -0.15) is 0 Å². The highest BCUT2D eigenvalue weighted by molar-refractivity contribution is 6.31. The number of amides is 2. The number of carbonyl (C=O) groups is 2. The lowest BCUT2D eigenvalue weighted by Gasteiger charge is -2.33. The van der Waals surface area contributed by atoms with E-state index in [4.69, 9.17) is 16.3 Å². The molecule has 0 radical (unpaired) electrons. The Morgan fingerprint density at radius 3 is 2.92 bits per heavy atom. The highest BCUT2D eigenvalue weighted by Crippen LogP contribution is 2.35. The largest absolute Gasteiger partial charge is 0.466 e. The molecule has 0 bridgehead atoms. The Hall–Kier alpha value is -3.06. The van der Waals surface area contributed by atoms with E-state index in [9.17, 15) is 9.59 Å². The number of hydrogen-bond acceptors (Lipinski definition) is 4. The van der Waals surface area contributed by atoms with Crippen LogP contribution in [0.5, 0.6) is 5.75 Å². The number of aromatic amines is 1. The molecule has 2 amide bonds. The smallest absolute Gasteiger partial charge is 0.278 e. The average Bonchev–Trinajstić information content (AvgIpc) is 3.04. The van der Waals surface area contributed by atoms with Crippen LogP contribution < -0.4 is 15.4 Å². The summed E-state index contributed by atoms with van der Waals surface area (Å²) in [6.07, 6.45) is 0. The van der Waals surface area contributed by atoms with Gasteiger partial charge in [-0.1, -0.05) is 23.7 Å². The Labute approximate surface area is 153 Å². The summed E-state index contributed by atoms with van der Waals surface area (Å²) in [6, 6.07) is 12.4. The minimum absolute atomic E-state index is 0.146. The first-order valence-corrected chi connectivity index (χ1v) is 8.35. The molecule has 1 atom stereocenters. The Balaban J connectivity index is 1.51. The van der Waals surface area contributed by atoms with Crippen LogP contribution in [0, 0.1) is 0 Å². The van der Waals surface area contributed by atoms with Crippen LogP contribution in [0.25, 0.3) is 11.0 Å². The third-order valence-electron chi connectivity index (χ3n) is 4.23. The molecular weight excluding hydrogens is 356 g/mol. The summed E-state index contributed by atoms with van der Waals surface area (Å²) >= 11 is 5.91. The predicted octanol–water partition coefficient (Wildman–Crippen LogP) is 2.62. The van der Waals surface area contributed by atoms with Gasteiger partial charge in [-0.05, 0) is 37.3 Å². The number of ether oxygens (including phenoxy) is 1. The first-order chi connectivity index (χ1) is 12.5. The van der Waals surface area contributed by atoms with Crippen molar-refractivity contribution in [3.05, 3.63) is 53.3 Å². The van der Waals surface area contributed by atoms with E-state index in [0.29, 0.717) is 22.3 Å². The van der Waals surface area contributed by atoms with Crippen molar-refractivity contribution in [1.29, 1.82) is 0 Å². The van der Waals surface area contributed by atoms with Gasteiger partial charge in [0.2, 0.25) is 0 Å². The van der Waals surface area contributed by atoms with Crippen LogP contribution in [0.15, 0.2) is 42.5 Å². The van der Waals surface area contributed by atoms with Crippen LogP contribution in [0.1, 0.15) is 12.7 Å². The molecule has 0 saturated heterocycles. The lowest BCUT2D eigenvalue weighted by Crippen LogP contribution is -2.58. The molecule has 3 N–H and O–H groups in total. The third-order valence-corrected chi connectivity index (χ3v) is 4.46. The molecule has 0 spiro atoms. The fourth-order valence-electron chi connectivity index (χ4n) is 2.77. The second kappa shape index (κ2) is 6.03. The molecule has 26 heavy (non-hydrogen) atoms. The Kier molecular flexibility index (Phi) is 3.81. The predicted molar refractivity (Wildman–Crippen MR) is 97.1 cm³/mol. The zero-order valence-electron chi connectivity index (χ0n) is 13.8. The summed E-state index contributed by atoms with van der Waals surface area (Å²) in [5.41, 5.74) is 0.429. The monoisotopic (exact) mass is 370 g/mol. The molecule has 0 saturated carbocycles. The van der Waals surface area contributed by atoms with Crippen molar-refractivity contribution in [1.82, 2.24) is 15.3 Å². The molecule has 0 fully saturated rings. The minimum Gasteiger partial charge on any atom is -0.466 e. The number of H-pyrrole nitrogens is 1. The van der Waals surface area contributed by atoms with Crippen LogP contribution in [0.4, 0.5) is 5.69 Å². The first kappa shape index (κ1) is 16.4. The van der Waals surface area contributed by atoms with Gasteiger partial charge >= 0.3 is 0 Å². The topological polar surface area (TPSA) is 96.1 Å². The molecule has 8 heteroatoms. The quantitative estimate of drug-likeness (QED) is 0.617. The Morgan fingerprint density at radius 1 is 1.31 bits per heavy atom. The summed E-state index contributed by atoms with van der Waals surface area (Å²) in [5, 5.41) is 5.82. The summed E-state index contributed by atoms with van der Waals surface area (Å²) in [7, 11) is 0. The summed E-state index contributed by atoms with van der Waals surface area (Å²) in [6.45, 7) is 1.57. The average molecular weight is 371 g/mol. The van der Waals surface area contributed by atoms with E-state index < -0.39 is 17.4 Å². The van der Waals surface area contributed by atoms with Crippen molar-refractivity contribution in [2.75, 3.05) is 5.32 Å². The highest BCUT2D eigenvalue weighted by atomic mass is 35.5. The number of anilines is 1. The van der Waals surface area contributed by atoms with Gasteiger partial charge in [0.25, 0.3) is 17.4 Å². The first-order valence-electron chi connectivity index (χ1n) is 7.98. The van der Waals surface area contributed by atoms with Gasteiger partial charge in [0.1, 0.15) is 11.6 Å². The van der Waals surface area contributed by atoms with Gasteiger partial charge in [0.15, 0.2) is 0 Å². The van der Waals surface area contributed by atoms with Gasteiger partial charge in [-0.25, -0.2) is 4.98 Å². The van der Waals surface area contributed by atoms with Gasteiger partial charge in [-0.3, -0.25) is 9.59 Å². The maximum absolute atomic E-state index is 12.6. The standard InChI is InChI=1S/C18H15ClN4O3/c1-18(17(25)23-13-8-10(19)6-7-14(13)26-18)16(24)20-9-15-21-11-4-2-3-5-12(11)22-15/h2-8H,9H2,1H3,(H,20,24)(H,21,22)(H,23,25). The molecule has 7 nitrogen and oxygen atoms in total. The Bertz CT molecular complexity index is 999. The zero-order chi connectivity index (χ0) is 18.3. The van der Waals surface area contributed by atoms with Crippen molar-refractivity contribution >= 4 is 40.1 Å². The fourth-order valence-corrected chi connectivity index (χ4v) is 2.94. The van der Waals surface area contributed by atoms with Gasteiger partial charge in [0.05, 0.1) is 23.3 Å². The lowest BCUT2D eigenvalue weighted by atomic mass is 10.0. The zero-order valence-corrected chi connectivity index (χ0v) is 14.6. The Morgan fingerprint density at radius 2 is 2.12 bits per heavy atom. The SMILES string of the molecule is CC1(C(=O)NCc2nc3ccccc3[nH]2)Oc2ccc(Cl)cc2NC1=O. The van der Waals surface area contributed by atoms with E-state index >= 15 is 0 Å². The number of fused-ring (bicyclic) bond motifs is 2. The second-order valence-electron chi connectivity index (χ2n) is 6.11. The number of imidazole rings is 1. The van der Waals surface area contributed by atoms with Gasteiger partial charge in [0, 0.05) is 5.02 Å². The van der Waals surface area contributed by atoms with Crippen LogP contribution in [-0.2, 0) is 16.1 Å². The second-order valence-corrected chi connectivity index (χ2v) is 6.55. The van der Waals surface area contributed by atoms with E-state index in [-0.39, 0.29) is 6.54 Å². The van der Waals surface area contributed by atoms with Crippen LogP contribution in [-0.4, -0.2) is 27.4 Å². The van der Waals surface area contributed by atoms with E-state index in [1.54, 1.807) is 18.2 Å². The van der Waals surface area contributed by atoms with Crippen LogP contribution in [0.3, 0.4) is 0 Å². The van der Waals surface area contributed by atoms with E-state index in [2.05, 4.69) is 20.6 Å². The van der Waals surface area contributed by atoms with E-state index in [1.165, 1.54) is 6.92 Å². The van der Waals surface area contributed by atoms with Crippen molar-refractivity contribution < 1.29 is 14.3 Å². The number of aromatic nitrogens is 2. The number of halogens is 1. The minimum atomic E-state index is -1.69. The van der Waals surface area contributed by atoms with E-state index in [0.717, 1.165) is 11.0 Å². The number of nitrogens with zero attached hydrogens (tertiary/aromatic N) is 1. The molecule has 1 aromatic heterocycles. The molecule has 0 aliphatic carbocycles. The number of nitrogens with one attached hydrogen (secondary N) is 3. The molecule has 2 heterocycles. The maximum atomic E-state index is 12.6. The third kappa shape index (κ3) is 2.76. The van der Waals surface area contributed by atoms with Crippen molar-refractivity contribution in [3.63, 3.8) is 0 Å². The number of rotatable bonds is 3. The molecule has 2 aromatic carbocycles. The van der Waals surface area contributed by atoms with Gasteiger partial charge < -0.3 is 20.4 Å². The lowest BCUT2D eigenvalue weighted by molar-refractivity contribution is -0.146. The molecule has 1 aliphatic rings. The van der Waals surface area contributed by atoms with Crippen molar-refractivity contribution in [2.45, 2.75) is 19.1 Å². The number of carbonyl (C=O) groups excluding carboxylic acids is 2. The summed E-state index contributed by atoms with van der Waals surface area (Å²) in [4.78, 5) is 32.6. The molecule has 4 rings (SSSR count). The molecule has 3 aromatic rings. The van der Waals surface area contributed by atoms with Crippen molar-refractivity contribution in [2.24, 2.45) is 0 Å². The van der Waals surface area contributed by atoms with Crippen molar-refractivity contribution in [3.8, 4) is 5.75 Å². The number of benzene rings is 2. The molecular formula is C18H15ClN4O3. The summed E-state index contributed by atoms with van der Waals surface area (Å²) in [5.74, 6) is -0.146. The number of hydrogen-bond donors (Lipinski definition) is 3. The van der Waals surface area contributed by atoms with Crippen LogP contribution in [0.2, 0.25) is 5.02 Å². The maximum Gasteiger partial charge on any atom is 0.278 e. The van der Waals surface area contributed by atoms with E-state index in [1.807, 2.05) is 24.3 Å². The fraction of sp³-hybridized carbons (Fsp3) is 0.167. The summed E-state index contributed by atoms with van der Waals surface area (Å²) < 4.78 is 5.68. The molecule has 1 unspecified atom stereocenters. The van der Waals surface area contributed by atoms with Crippen LogP contribution >= 0.6 is 11.6 Å². The normalized spacial score (nSPS) is 18.8. The number of para-hydroxylation sites is 2.